The minimum atomic E-state index is -0.0733. The molecule has 0 spiro atoms. The Balaban J connectivity index is 3.90. The summed E-state index contributed by atoms with van der Waals surface area (Å²) < 4.78 is 0. The maximum atomic E-state index is 11.2. The van der Waals surface area contributed by atoms with Gasteiger partial charge in [-0.25, -0.2) is 0 Å². The Morgan fingerprint density at radius 1 is 1.55 bits per heavy atom. The van der Waals surface area contributed by atoms with Crippen LogP contribution in [0, 0.1) is 17.8 Å². The van der Waals surface area contributed by atoms with E-state index in [0.717, 1.165) is 0 Å². The molecule has 2 atom stereocenters. The molecule has 0 fully saturated rings. The van der Waals surface area contributed by atoms with Crippen LogP contribution in [0.2, 0.25) is 0 Å². The Bertz CT molecular complexity index is 185. The van der Waals surface area contributed by atoms with Crippen molar-refractivity contribution in [3.63, 3.8) is 0 Å². The topological polar surface area (TPSA) is 43.1 Å². The molecule has 0 bridgehead atoms. The summed E-state index contributed by atoms with van der Waals surface area (Å²) >= 11 is 0. The van der Waals surface area contributed by atoms with Crippen molar-refractivity contribution in [2.24, 2.45) is 11.7 Å². The highest BCUT2D eigenvalue weighted by Gasteiger charge is 2.14. The zero-order valence-electron chi connectivity index (χ0n) is 7.35. The number of rotatable bonds is 3. The number of ketones is 1. The van der Waals surface area contributed by atoms with Crippen LogP contribution < -0.4 is 5.73 Å². The summed E-state index contributed by atoms with van der Waals surface area (Å²) in [5, 5.41) is 0. The fraction of sp³-hybridized carbons (Fsp3) is 0.667. The highest BCUT2D eigenvalue weighted by Crippen LogP contribution is 2.03. The van der Waals surface area contributed by atoms with Crippen molar-refractivity contribution in [3.05, 3.63) is 0 Å². The van der Waals surface area contributed by atoms with E-state index in [0.29, 0.717) is 6.42 Å². The van der Waals surface area contributed by atoms with E-state index in [-0.39, 0.29) is 17.7 Å². The molecule has 0 aliphatic rings. The van der Waals surface area contributed by atoms with Crippen molar-refractivity contribution >= 4 is 5.78 Å². The second-order valence-electron chi connectivity index (χ2n) is 2.72. The third-order valence-corrected chi connectivity index (χ3v) is 1.74. The lowest BCUT2D eigenvalue weighted by molar-refractivity contribution is -0.121. The van der Waals surface area contributed by atoms with E-state index < -0.39 is 0 Å². The Hall–Kier alpha value is -0.810. The molecule has 0 amide bonds. The van der Waals surface area contributed by atoms with Gasteiger partial charge in [-0.2, -0.15) is 0 Å². The average molecular weight is 153 g/mol. The Kier molecular flexibility index (Phi) is 4.56. The van der Waals surface area contributed by atoms with Crippen LogP contribution in [0.3, 0.4) is 0 Å². The summed E-state index contributed by atoms with van der Waals surface area (Å²) in [6.07, 6.45) is 0.333. The van der Waals surface area contributed by atoms with Gasteiger partial charge >= 0.3 is 0 Å². The predicted octanol–water partition coefficient (Wildman–Crippen LogP) is 0.952. The zero-order valence-corrected chi connectivity index (χ0v) is 7.35. The van der Waals surface area contributed by atoms with Gasteiger partial charge in [-0.3, -0.25) is 4.79 Å². The van der Waals surface area contributed by atoms with Crippen LogP contribution in [0.1, 0.15) is 27.2 Å². The second kappa shape index (κ2) is 4.92. The molecule has 0 rings (SSSR count). The molecule has 2 nitrogen and oxygen atoms in total. The van der Waals surface area contributed by atoms with Crippen LogP contribution >= 0.6 is 0 Å². The molecular formula is C9H15NO. The van der Waals surface area contributed by atoms with E-state index in [1.54, 1.807) is 6.92 Å². The van der Waals surface area contributed by atoms with Gasteiger partial charge in [-0.15, -0.1) is 5.92 Å². The normalized spacial score (nSPS) is 14.5. The standard InChI is InChI=1S/C9H15NO/c1-4-5-6-9(11)7(2)8(3)10/h7-8H,6,10H2,1-3H3. The van der Waals surface area contributed by atoms with Crippen LogP contribution in [0.5, 0.6) is 0 Å². The SMILES string of the molecule is CC#CCC(=O)C(C)C(C)N. The zero-order chi connectivity index (χ0) is 8.85. The molecule has 0 aromatic rings. The summed E-state index contributed by atoms with van der Waals surface area (Å²) in [5.74, 6) is 5.47. The van der Waals surface area contributed by atoms with Crippen LogP contribution in [0.25, 0.3) is 0 Å². The molecule has 0 heterocycles. The number of carbonyl (C=O) groups is 1. The van der Waals surface area contributed by atoms with E-state index in [9.17, 15) is 4.79 Å². The number of hydrogen-bond acceptors (Lipinski definition) is 2. The van der Waals surface area contributed by atoms with Gasteiger partial charge in [0.05, 0.1) is 6.42 Å². The minimum Gasteiger partial charge on any atom is -0.327 e. The van der Waals surface area contributed by atoms with E-state index in [4.69, 9.17) is 5.73 Å². The second-order valence-corrected chi connectivity index (χ2v) is 2.72. The molecule has 0 radical (unpaired) electrons. The van der Waals surface area contributed by atoms with Gasteiger partial charge in [0.1, 0.15) is 5.78 Å². The maximum absolute atomic E-state index is 11.2. The highest BCUT2D eigenvalue weighted by atomic mass is 16.1. The number of nitrogens with two attached hydrogens (primary N) is 1. The summed E-state index contributed by atoms with van der Waals surface area (Å²) in [7, 11) is 0. The van der Waals surface area contributed by atoms with Crippen LogP contribution in [0.15, 0.2) is 0 Å². The van der Waals surface area contributed by atoms with Crippen LogP contribution in [0.4, 0.5) is 0 Å². The third-order valence-electron chi connectivity index (χ3n) is 1.74. The lowest BCUT2D eigenvalue weighted by Gasteiger charge is -2.11. The van der Waals surface area contributed by atoms with Crippen molar-refractivity contribution in [3.8, 4) is 11.8 Å². The quantitative estimate of drug-likeness (QED) is 0.613. The van der Waals surface area contributed by atoms with E-state index in [1.165, 1.54) is 0 Å². The van der Waals surface area contributed by atoms with Crippen LogP contribution in [-0.2, 0) is 4.79 Å². The molecule has 0 saturated heterocycles. The predicted molar refractivity (Wildman–Crippen MR) is 45.9 cm³/mol. The number of Topliss-reactive ketones (excluding diaryl/α,β-unsaturated/α-hetero) is 1. The van der Waals surface area contributed by atoms with Crippen LogP contribution in [-0.4, -0.2) is 11.8 Å². The number of hydrogen-bond donors (Lipinski definition) is 1. The lowest BCUT2D eigenvalue weighted by Crippen LogP contribution is -2.30. The molecule has 0 saturated carbocycles. The molecular weight excluding hydrogens is 138 g/mol. The molecule has 0 aromatic heterocycles. The highest BCUT2D eigenvalue weighted by molar-refractivity contribution is 5.83. The third kappa shape index (κ3) is 3.79. The smallest absolute Gasteiger partial charge is 0.149 e. The molecule has 62 valence electrons. The van der Waals surface area contributed by atoms with E-state index >= 15 is 0 Å². The van der Waals surface area contributed by atoms with Gasteiger partial charge in [0.15, 0.2) is 0 Å². The molecule has 2 unspecified atom stereocenters. The van der Waals surface area contributed by atoms with Gasteiger partial charge in [-0.05, 0) is 13.8 Å². The summed E-state index contributed by atoms with van der Waals surface area (Å²) in [6, 6.07) is -0.0684. The maximum Gasteiger partial charge on any atom is 0.149 e. The number of carbonyl (C=O) groups excluding carboxylic acids is 1. The molecule has 11 heavy (non-hydrogen) atoms. The van der Waals surface area contributed by atoms with E-state index in [1.807, 2.05) is 13.8 Å². The summed E-state index contributed by atoms with van der Waals surface area (Å²) in [4.78, 5) is 11.2. The van der Waals surface area contributed by atoms with Crippen molar-refractivity contribution in [2.45, 2.75) is 33.2 Å². The minimum absolute atomic E-state index is 0.0684. The molecule has 0 aliphatic heterocycles. The van der Waals surface area contributed by atoms with Gasteiger partial charge in [0.25, 0.3) is 0 Å². The van der Waals surface area contributed by atoms with Gasteiger partial charge in [-0.1, -0.05) is 12.8 Å². The van der Waals surface area contributed by atoms with Crippen molar-refractivity contribution in [1.29, 1.82) is 0 Å². The first-order valence-electron chi connectivity index (χ1n) is 3.77. The van der Waals surface area contributed by atoms with Crippen molar-refractivity contribution in [1.82, 2.24) is 0 Å². The Morgan fingerprint density at radius 2 is 2.09 bits per heavy atom. The first-order chi connectivity index (χ1) is 5.09. The first kappa shape index (κ1) is 10.2. The molecule has 0 aromatic carbocycles. The fourth-order valence-corrected chi connectivity index (χ4v) is 0.630. The molecule has 0 aliphatic carbocycles. The lowest BCUT2D eigenvalue weighted by atomic mass is 9.97. The largest absolute Gasteiger partial charge is 0.327 e. The summed E-state index contributed by atoms with van der Waals surface area (Å²) in [6.45, 7) is 5.40. The van der Waals surface area contributed by atoms with Crippen molar-refractivity contribution in [2.75, 3.05) is 0 Å². The van der Waals surface area contributed by atoms with Gasteiger partial charge in [0, 0.05) is 12.0 Å². The summed E-state index contributed by atoms with van der Waals surface area (Å²) in [5.41, 5.74) is 5.54. The van der Waals surface area contributed by atoms with Gasteiger partial charge < -0.3 is 5.73 Å². The Morgan fingerprint density at radius 3 is 2.45 bits per heavy atom. The monoisotopic (exact) mass is 153 g/mol. The van der Waals surface area contributed by atoms with Gasteiger partial charge in [0.2, 0.25) is 0 Å². The fourth-order valence-electron chi connectivity index (χ4n) is 0.630. The molecule has 2 N–H and O–H groups in total. The van der Waals surface area contributed by atoms with Crippen molar-refractivity contribution < 1.29 is 4.79 Å². The van der Waals surface area contributed by atoms with E-state index in [2.05, 4.69) is 11.8 Å². The molecule has 2 heteroatoms. The Labute approximate surface area is 68.2 Å². The average Bonchev–Trinajstić information content (AvgIpc) is 1.98. The first-order valence-corrected chi connectivity index (χ1v) is 3.77.